The molecule has 2 aromatic carbocycles. The molecule has 0 fully saturated rings. The first-order valence-electron chi connectivity index (χ1n) is 9.83. The molecule has 0 unspecified atom stereocenters. The van der Waals surface area contributed by atoms with Crippen LogP contribution in [0.15, 0.2) is 101 Å². The van der Waals surface area contributed by atoms with E-state index in [4.69, 9.17) is 10.1 Å². The number of allylic oxidation sites excluding steroid dienone is 3. The molecule has 0 saturated heterocycles. The summed E-state index contributed by atoms with van der Waals surface area (Å²) in [7, 11) is 0. The van der Waals surface area contributed by atoms with Gasteiger partial charge in [-0.05, 0) is 72.8 Å². The first kappa shape index (κ1) is 21.4. The molecule has 164 valence electrons. The lowest BCUT2D eigenvalue weighted by atomic mass is 10.2. The van der Waals surface area contributed by atoms with Gasteiger partial charge < -0.3 is 20.8 Å². The number of hydrogen-bond donors (Lipinski definition) is 3. The summed E-state index contributed by atoms with van der Waals surface area (Å²) in [5, 5.41) is 16.9. The van der Waals surface area contributed by atoms with Crippen molar-refractivity contribution in [2.75, 3.05) is 5.32 Å². The summed E-state index contributed by atoms with van der Waals surface area (Å²) < 4.78 is 20.0. The molecule has 1 amide bonds. The minimum atomic E-state index is -0.628. The number of carbonyl (C=O) groups excluding carboxylic acids is 1. The van der Waals surface area contributed by atoms with Crippen molar-refractivity contribution in [2.45, 2.75) is 0 Å². The third-order valence-corrected chi connectivity index (χ3v) is 4.60. The zero-order valence-corrected chi connectivity index (χ0v) is 17.2. The van der Waals surface area contributed by atoms with E-state index in [0.717, 1.165) is 10.9 Å². The van der Waals surface area contributed by atoms with Crippen LogP contribution in [0.5, 0.6) is 5.75 Å². The number of rotatable bonds is 6. The Labute approximate surface area is 187 Å². The number of hydrogen-bond acceptors (Lipinski definition) is 6. The van der Waals surface area contributed by atoms with Crippen molar-refractivity contribution in [1.29, 1.82) is 5.41 Å². The average molecular weight is 443 g/mol. The zero-order valence-electron chi connectivity index (χ0n) is 17.2. The van der Waals surface area contributed by atoms with Crippen LogP contribution in [0.25, 0.3) is 5.69 Å². The number of halogens is 1. The molecule has 1 aromatic heterocycles. The van der Waals surface area contributed by atoms with Gasteiger partial charge in [-0.3, -0.25) is 9.59 Å². The number of dihydropyridines is 1. The van der Waals surface area contributed by atoms with Crippen molar-refractivity contribution < 1.29 is 13.9 Å². The van der Waals surface area contributed by atoms with Gasteiger partial charge in [0.25, 0.3) is 11.5 Å². The predicted octanol–water partition coefficient (Wildman–Crippen LogP) is 3.54. The van der Waals surface area contributed by atoms with Crippen LogP contribution in [-0.2, 0) is 0 Å². The van der Waals surface area contributed by atoms with Crippen LogP contribution in [0.2, 0.25) is 0 Å². The lowest BCUT2D eigenvalue weighted by Crippen LogP contribution is -2.29. The monoisotopic (exact) mass is 443 g/mol. The second-order valence-corrected chi connectivity index (χ2v) is 6.80. The maximum atomic E-state index is 13.2. The van der Waals surface area contributed by atoms with E-state index in [9.17, 15) is 14.0 Å². The highest BCUT2D eigenvalue weighted by Gasteiger charge is 2.15. The fourth-order valence-electron chi connectivity index (χ4n) is 3.02. The van der Waals surface area contributed by atoms with Gasteiger partial charge in [0.15, 0.2) is 5.76 Å². The van der Waals surface area contributed by atoms with Crippen LogP contribution >= 0.6 is 0 Å². The molecule has 4 rings (SSSR count). The molecular weight excluding hydrogens is 425 g/mol. The van der Waals surface area contributed by atoms with Gasteiger partial charge in [0, 0.05) is 24.3 Å². The molecule has 0 radical (unpaired) electrons. The normalized spacial score (nSPS) is 13.7. The summed E-state index contributed by atoms with van der Waals surface area (Å²) in [4.78, 5) is 25.4. The van der Waals surface area contributed by atoms with Crippen molar-refractivity contribution in [1.82, 2.24) is 15.1 Å². The Kier molecular flexibility index (Phi) is 6.21. The van der Waals surface area contributed by atoms with Crippen molar-refractivity contribution in [2.24, 2.45) is 0 Å². The van der Waals surface area contributed by atoms with E-state index in [1.54, 1.807) is 48.7 Å². The summed E-state index contributed by atoms with van der Waals surface area (Å²) in [6, 6.07) is 13.2. The van der Waals surface area contributed by atoms with Crippen LogP contribution in [0.1, 0.15) is 10.4 Å². The summed E-state index contributed by atoms with van der Waals surface area (Å²) in [6.07, 6.45) is 9.31. The summed E-state index contributed by atoms with van der Waals surface area (Å²) >= 11 is 0. The molecule has 1 aliphatic heterocycles. The van der Waals surface area contributed by atoms with Crippen molar-refractivity contribution >= 4 is 17.8 Å². The van der Waals surface area contributed by atoms with Gasteiger partial charge in [0.2, 0.25) is 0 Å². The van der Waals surface area contributed by atoms with E-state index in [0.29, 0.717) is 28.6 Å². The second-order valence-electron chi connectivity index (χ2n) is 6.80. The van der Waals surface area contributed by atoms with Crippen molar-refractivity contribution in [3.05, 3.63) is 118 Å². The predicted molar refractivity (Wildman–Crippen MR) is 122 cm³/mol. The molecule has 3 aromatic rings. The SMILES string of the molecule is N=C/C=C1\NC=CC=C1Oc1ccc(NC(=O)c2ccnn(-c3ccc(F)cc3)c2=O)cc1. The van der Waals surface area contributed by atoms with Crippen molar-refractivity contribution in [3.63, 3.8) is 0 Å². The molecule has 1 aliphatic rings. The lowest BCUT2D eigenvalue weighted by Gasteiger charge is -2.16. The zero-order chi connectivity index (χ0) is 23.2. The Bertz CT molecular complexity index is 1340. The Morgan fingerprint density at radius 3 is 2.61 bits per heavy atom. The summed E-state index contributed by atoms with van der Waals surface area (Å²) in [5.41, 5.74) is 0.705. The molecule has 0 spiro atoms. The van der Waals surface area contributed by atoms with E-state index in [1.807, 2.05) is 0 Å². The highest BCUT2D eigenvalue weighted by Crippen LogP contribution is 2.21. The first-order valence-corrected chi connectivity index (χ1v) is 9.83. The van der Waals surface area contributed by atoms with E-state index < -0.39 is 17.3 Å². The number of amides is 1. The maximum absolute atomic E-state index is 13.2. The van der Waals surface area contributed by atoms with Gasteiger partial charge in [0.1, 0.15) is 17.1 Å². The van der Waals surface area contributed by atoms with Gasteiger partial charge in [-0.1, -0.05) is 0 Å². The van der Waals surface area contributed by atoms with Crippen LogP contribution < -0.4 is 20.9 Å². The average Bonchev–Trinajstić information content (AvgIpc) is 2.82. The number of benzene rings is 2. The molecule has 9 heteroatoms. The van der Waals surface area contributed by atoms with Gasteiger partial charge in [-0.25, -0.2) is 4.39 Å². The fraction of sp³-hybridized carbons (Fsp3) is 0. The molecule has 0 aliphatic carbocycles. The molecule has 0 bridgehead atoms. The fourth-order valence-corrected chi connectivity index (χ4v) is 3.02. The first-order chi connectivity index (χ1) is 16.0. The van der Waals surface area contributed by atoms with Gasteiger partial charge in [-0.2, -0.15) is 9.78 Å². The van der Waals surface area contributed by atoms with Crippen LogP contribution in [0.3, 0.4) is 0 Å². The molecule has 3 N–H and O–H groups in total. The highest BCUT2D eigenvalue weighted by molar-refractivity contribution is 6.04. The number of nitrogens with zero attached hydrogens (tertiary/aromatic N) is 2. The van der Waals surface area contributed by atoms with Crippen LogP contribution in [0.4, 0.5) is 10.1 Å². The van der Waals surface area contributed by atoms with Gasteiger partial charge in [0.05, 0.1) is 11.4 Å². The molecule has 2 heterocycles. The maximum Gasteiger partial charge on any atom is 0.284 e. The Hall–Kier alpha value is -4.79. The van der Waals surface area contributed by atoms with Crippen molar-refractivity contribution in [3.8, 4) is 11.4 Å². The van der Waals surface area contributed by atoms with Crippen LogP contribution in [-0.4, -0.2) is 21.9 Å². The lowest BCUT2D eigenvalue weighted by molar-refractivity contribution is 0.102. The largest absolute Gasteiger partial charge is 0.455 e. The topological polar surface area (TPSA) is 109 Å². The standard InChI is InChI=1S/C24H18FN5O3/c25-16-3-7-18(8-4-16)30-24(32)20(12-15-28-30)23(31)29-17-5-9-19(10-6-17)33-22-2-1-14-27-21(22)11-13-26/h1-15,26-27H,(H,29,31)/b21-11-,26-13?. The molecule has 8 nitrogen and oxygen atoms in total. The van der Waals surface area contributed by atoms with E-state index in [-0.39, 0.29) is 5.56 Å². The number of anilines is 1. The highest BCUT2D eigenvalue weighted by atomic mass is 19.1. The Balaban J connectivity index is 1.49. The molecule has 33 heavy (non-hydrogen) atoms. The number of nitrogens with one attached hydrogen (secondary N) is 3. The second kappa shape index (κ2) is 9.56. The van der Waals surface area contributed by atoms with E-state index in [1.165, 1.54) is 36.5 Å². The molecule has 0 atom stereocenters. The van der Waals surface area contributed by atoms with E-state index >= 15 is 0 Å². The van der Waals surface area contributed by atoms with Gasteiger partial charge in [-0.15, -0.1) is 0 Å². The Morgan fingerprint density at radius 2 is 1.88 bits per heavy atom. The minimum absolute atomic E-state index is 0.110. The van der Waals surface area contributed by atoms with Crippen LogP contribution in [0, 0.1) is 11.2 Å². The minimum Gasteiger partial charge on any atom is -0.455 e. The third kappa shape index (κ3) is 4.93. The quantitative estimate of drug-likeness (QED) is 0.505. The number of ether oxygens (including phenoxy) is 1. The molecular formula is C24H18FN5O3. The third-order valence-electron chi connectivity index (χ3n) is 4.60. The van der Waals surface area contributed by atoms with Gasteiger partial charge >= 0.3 is 0 Å². The molecule has 0 saturated carbocycles. The summed E-state index contributed by atoms with van der Waals surface area (Å²) in [6.45, 7) is 0. The Morgan fingerprint density at radius 1 is 1.12 bits per heavy atom. The number of aromatic nitrogens is 2. The number of carbonyl (C=O) groups is 1. The smallest absolute Gasteiger partial charge is 0.284 e. The summed E-state index contributed by atoms with van der Waals surface area (Å²) in [5.74, 6) is 0.0146. The van der Waals surface area contributed by atoms with E-state index in [2.05, 4.69) is 15.7 Å².